The number of allylic oxidation sites excluding steroid dienone is 1. The van der Waals surface area contributed by atoms with Gasteiger partial charge < -0.3 is 4.74 Å². The van der Waals surface area contributed by atoms with Crippen LogP contribution in [0.25, 0.3) is 0 Å². The Morgan fingerprint density at radius 2 is 2.07 bits per heavy atom. The van der Waals surface area contributed by atoms with Crippen molar-refractivity contribution < 1.29 is 9.13 Å². The molecule has 0 aromatic heterocycles. The van der Waals surface area contributed by atoms with E-state index in [-0.39, 0.29) is 5.82 Å². The van der Waals surface area contributed by atoms with Gasteiger partial charge in [-0.2, -0.15) is 0 Å². The summed E-state index contributed by atoms with van der Waals surface area (Å²) in [5, 5.41) is 0. The molecule has 0 heterocycles. The van der Waals surface area contributed by atoms with Crippen LogP contribution in [0.15, 0.2) is 36.4 Å². The maximum Gasteiger partial charge on any atom is 0.165 e. The van der Waals surface area contributed by atoms with Crippen molar-refractivity contribution in [3.8, 4) is 5.75 Å². The van der Waals surface area contributed by atoms with Crippen molar-refractivity contribution in [2.24, 2.45) is 0 Å². The van der Waals surface area contributed by atoms with Crippen LogP contribution in [0.4, 0.5) is 4.39 Å². The molecule has 0 unspecified atom stereocenters. The van der Waals surface area contributed by atoms with Gasteiger partial charge in [0.25, 0.3) is 0 Å². The third kappa shape index (κ3) is 3.60. The summed E-state index contributed by atoms with van der Waals surface area (Å²) in [5.41, 5.74) is 0. The van der Waals surface area contributed by atoms with Crippen LogP contribution in [0, 0.1) is 5.82 Å². The fourth-order valence-electron chi connectivity index (χ4n) is 1.05. The summed E-state index contributed by atoms with van der Waals surface area (Å²) >= 11 is 0. The molecule has 0 radical (unpaired) electrons. The Morgan fingerprint density at radius 1 is 1.29 bits per heavy atom. The molecular weight excluding hydrogens is 179 g/mol. The van der Waals surface area contributed by atoms with Gasteiger partial charge in [0, 0.05) is 0 Å². The highest BCUT2D eigenvalue weighted by atomic mass is 19.1. The molecule has 1 nitrogen and oxygen atoms in total. The molecule has 0 aliphatic rings. The molecule has 1 aromatic rings. The summed E-state index contributed by atoms with van der Waals surface area (Å²) < 4.78 is 18.2. The van der Waals surface area contributed by atoms with E-state index in [1.54, 1.807) is 18.2 Å². The predicted octanol–water partition coefficient (Wildman–Crippen LogP) is 3.56. The summed E-state index contributed by atoms with van der Waals surface area (Å²) in [7, 11) is 0. The van der Waals surface area contributed by atoms with Crippen LogP contribution in [0.3, 0.4) is 0 Å². The number of ether oxygens (including phenoxy) is 1. The molecule has 76 valence electrons. The number of para-hydroxylation sites is 1. The van der Waals surface area contributed by atoms with Gasteiger partial charge in [0.1, 0.15) is 6.61 Å². The quantitative estimate of drug-likeness (QED) is 0.651. The van der Waals surface area contributed by atoms with Gasteiger partial charge in [0.05, 0.1) is 0 Å². The molecule has 0 saturated heterocycles. The van der Waals surface area contributed by atoms with Crippen molar-refractivity contribution >= 4 is 0 Å². The van der Waals surface area contributed by atoms with Crippen LogP contribution in [-0.2, 0) is 0 Å². The topological polar surface area (TPSA) is 9.23 Å². The summed E-state index contributed by atoms with van der Waals surface area (Å²) in [5.74, 6) is 0.00467. The second-order valence-corrected chi connectivity index (χ2v) is 3.00. The van der Waals surface area contributed by atoms with E-state index >= 15 is 0 Å². The van der Waals surface area contributed by atoms with Crippen LogP contribution >= 0.6 is 0 Å². The fraction of sp³-hybridized carbons (Fsp3) is 0.333. The minimum Gasteiger partial charge on any atom is -0.486 e. The molecule has 0 saturated carbocycles. The first-order valence-corrected chi connectivity index (χ1v) is 4.87. The first-order chi connectivity index (χ1) is 6.84. The fourth-order valence-corrected chi connectivity index (χ4v) is 1.05. The van der Waals surface area contributed by atoms with Crippen molar-refractivity contribution in [1.82, 2.24) is 0 Å². The maximum atomic E-state index is 13.0. The number of rotatable bonds is 5. The van der Waals surface area contributed by atoms with E-state index in [9.17, 15) is 4.39 Å². The first kappa shape index (κ1) is 10.8. The monoisotopic (exact) mass is 194 g/mol. The van der Waals surface area contributed by atoms with Gasteiger partial charge in [-0.3, -0.25) is 0 Å². The van der Waals surface area contributed by atoms with E-state index in [1.165, 1.54) is 6.07 Å². The Labute approximate surface area is 84.2 Å². The van der Waals surface area contributed by atoms with Crippen molar-refractivity contribution in [3.05, 3.63) is 42.2 Å². The Hall–Kier alpha value is -1.31. The van der Waals surface area contributed by atoms with Gasteiger partial charge in [-0.1, -0.05) is 37.6 Å². The SMILES string of the molecule is CCC/C=C/COc1ccccc1F. The summed E-state index contributed by atoms with van der Waals surface area (Å²) in [6.07, 6.45) is 6.12. The zero-order chi connectivity index (χ0) is 10.2. The summed E-state index contributed by atoms with van der Waals surface area (Å²) in [6, 6.07) is 6.43. The Bertz CT molecular complexity index is 294. The third-order valence-corrected chi connectivity index (χ3v) is 1.79. The molecule has 0 amide bonds. The van der Waals surface area contributed by atoms with E-state index in [0.717, 1.165) is 12.8 Å². The second kappa shape index (κ2) is 6.19. The first-order valence-electron chi connectivity index (χ1n) is 4.87. The molecule has 0 bridgehead atoms. The smallest absolute Gasteiger partial charge is 0.165 e. The zero-order valence-corrected chi connectivity index (χ0v) is 8.37. The standard InChI is InChI=1S/C12H15FO/c1-2-3-4-7-10-14-12-9-6-5-8-11(12)13/h4-9H,2-3,10H2,1H3/b7-4+. The lowest BCUT2D eigenvalue weighted by molar-refractivity contribution is 0.341. The van der Waals surface area contributed by atoms with E-state index in [2.05, 4.69) is 6.92 Å². The lowest BCUT2D eigenvalue weighted by Crippen LogP contribution is -1.95. The average molecular weight is 194 g/mol. The average Bonchev–Trinajstić information content (AvgIpc) is 2.20. The minimum absolute atomic E-state index is 0.309. The molecule has 0 aliphatic carbocycles. The van der Waals surface area contributed by atoms with Crippen LogP contribution in [0.1, 0.15) is 19.8 Å². The van der Waals surface area contributed by atoms with E-state index in [0.29, 0.717) is 12.4 Å². The molecule has 2 heteroatoms. The normalized spacial score (nSPS) is 10.7. The number of halogens is 1. The van der Waals surface area contributed by atoms with Crippen molar-refractivity contribution in [1.29, 1.82) is 0 Å². The molecule has 1 rings (SSSR count). The molecule has 1 aromatic carbocycles. The second-order valence-electron chi connectivity index (χ2n) is 3.00. The van der Waals surface area contributed by atoms with Crippen LogP contribution < -0.4 is 4.74 Å². The molecule has 14 heavy (non-hydrogen) atoms. The van der Waals surface area contributed by atoms with Crippen molar-refractivity contribution in [3.63, 3.8) is 0 Å². The molecule has 0 N–H and O–H groups in total. The van der Waals surface area contributed by atoms with Crippen LogP contribution in [-0.4, -0.2) is 6.61 Å². The van der Waals surface area contributed by atoms with E-state index in [1.807, 2.05) is 12.2 Å². The largest absolute Gasteiger partial charge is 0.486 e. The van der Waals surface area contributed by atoms with Gasteiger partial charge in [-0.05, 0) is 18.6 Å². The van der Waals surface area contributed by atoms with Crippen LogP contribution in [0.5, 0.6) is 5.75 Å². The van der Waals surface area contributed by atoms with E-state index < -0.39 is 0 Å². The molecular formula is C12H15FO. The Morgan fingerprint density at radius 3 is 2.79 bits per heavy atom. The lowest BCUT2D eigenvalue weighted by Gasteiger charge is -2.03. The molecule has 0 atom stereocenters. The number of benzene rings is 1. The molecule has 0 fully saturated rings. The van der Waals surface area contributed by atoms with Gasteiger partial charge in [0.15, 0.2) is 11.6 Å². The summed E-state index contributed by atoms with van der Waals surface area (Å²) in [4.78, 5) is 0. The third-order valence-electron chi connectivity index (χ3n) is 1.79. The lowest BCUT2D eigenvalue weighted by atomic mass is 10.3. The number of unbranched alkanes of at least 4 members (excludes halogenated alkanes) is 1. The number of hydrogen-bond acceptors (Lipinski definition) is 1. The van der Waals surface area contributed by atoms with Gasteiger partial charge >= 0.3 is 0 Å². The molecule has 0 spiro atoms. The van der Waals surface area contributed by atoms with E-state index in [4.69, 9.17) is 4.74 Å². The highest BCUT2D eigenvalue weighted by Gasteiger charge is 1.98. The molecule has 0 aliphatic heterocycles. The number of hydrogen-bond donors (Lipinski definition) is 0. The zero-order valence-electron chi connectivity index (χ0n) is 8.37. The maximum absolute atomic E-state index is 13.0. The minimum atomic E-state index is -0.309. The van der Waals surface area contributed by atoms with Gasteiger partial charge in [0.2, 0.25) is 0 Å². The Kier molecular flexibility index (Phi) is 4.76. The summed E-state index contributed by atoms with van der Waals surface area (Å²) in [6.45, 7) is 2.54. The predicted molar refractivity (Wildman–Crippen MR) is 55.9 cm³/mol. The van der Waals surface area contributed by atoms with Gasteiger partial charge in [-0.25, -0.2) is 4.39 Å². The van der Waals surface area contributed by atoms with Crippen LogP contribution in [0.2, 0.25) is 0 Å². The van der Waals surface area contributed by atoms with Crippen molar-refractivity contribution in [2.75, 3.05) is 6.61 Å². The Balaban J connectivity index is 2.35. The van der Waals surface area contributed by atoms with Gasteiger partial charge in [-0.15, -0.1) is 0 Å². The highest BCUT2D eigenvalue weighted by Crippen LogP contribution is 2.14. The highest BCUT2D eigenvalue weighted by molar-refractivity contribution is 5.23. The van der Waals surface area contributed by atoms with Crippen molar-refractivity contribution in [2.45, 2.75) is 19.8 Å².